The molecule has 2 heteroatoms. The predicted molar refractivity (Wildman–Crippen MR) is 127 cm³/mol. The fraction of sp³-hybridized carbons (Fsp3) is 0. The fourth-order valence-electron chi connectivity index (χ4n) is 3.95. The average molecular weight is 381 g/mol. The summed E-state index contributed by atoms with van der Waals surface area (Å²) in [6.07, 6.45) is 0. The SMILES string of the molecule is b1nc(-c2ccccc2)c(-c2ccccc2)c(-c2ccccc2)c1-c1ccccc1. The summed E-state index contributed by atoms with van der Waals surface area (Å²) in [5, 5.41) is 0. The summed E-state index contributed by atoms with van der Waals surface area (Å²) < 4.78 is 0. The zero-order valence-corrected chi connectivity index (χ0v) is 16.6. The molecule has 0 aliphatic heterocycles. The van der Waals surface area contributed by atoms with Gasteiger partial charge in [0.1, 0.15) is 0 Å². The van der Waals surface area contributed by atoms with Gasteiger partial charge in [0.2, 0.25) is 0 Å². The fourth-order valence-corrected chi connectivity index (χ4v) is 3.95. The summed E-state index contributed by atoms with van der Waals surface area (Å²) in [7, 11) is 2.02. The van der Waals surface area contributed by atoms with Gasteiger partial charge in [-0.15, -0.1) is 0 Å². The maximum absolute atomic E-state index is 4.99. The van der Waals surface area contributed by atoms with Crippen LogP contribution in [0.3, 0.4) is 0 Å². The molecule has 0 aliphatic carbocycles. The van der Waals surface area contributed by atoms with Gasteiger partial charge in [-0.05, 0) is 0 Å². The first-order valence-electron chi connectivity index (χ1n) is 10.2. The molecule has 0 atom stereocenters. The Hall–Kier alpha value is -3.78. The third-order valence-corrected chi connectivity index (χ3v) is 5.34. The molecule has 4 aromatic carbocycles. The Morgan fingerprint density at radius 2 is 0.800 bits per heavy atom. The maximum atomic E-state index is 4.99. The van der Waals surface area contributed by atoms with Crippen LogP contribution in [0.2, 0.25) is 0 Å². The number of aromatic nitrogens is 1. The topological polar surface area (TPSA) is 12.9 Å². The Morgan fingerprint density at radius 1 is 0.400 bits per heavy atom. The molecule has 0 radical (unpaired) electrons. The molecule has 5 rings (SSSR count). The molecule has 5 aromatic rings. The van der Waals surface area contributed by atoms with E-state index in [0.29, 0.717) is 0 Å². The van der Waals surface area contributed by atoms with Crippen LogP contribution in [0.5, 0.6) is 0 Å². The summed E-state index contributed by atoms with van der Waals surface area (Å²) >= 11 is 0. The molecule has 140 valence electrons. The quantitative estimate of drug-likeness (QED) is 0.324. The van der Waals surface area contributed by atoms with E-state index < -0.39 is 0 Å². The molecule has 0 bridgehead atoms. The monoisotopic (exact) mass is 381 g/mol. The Balaban J connectivity index is 1.91. The Morgan fingerprint density at radius 3 is 1.30 bits per heavy atom. The molecule has 0 saturated carbocycles. The summed E-state index contributed by atoms with van der Waals surface area (Å²) in [6.45, 7) is 0. The normalized spacial score (nSPS) is 10.5. The van der Waals surface area contributed by atoms with Gasteiger partial charge >= 0.3 is 178 Å². The van der Waals surface area contributed by atoms with E-state index in [1.165, 1.54) is 22.3 Å². The van der Waals surface area contributed by atoms with E-state index >= 15 is 0 Å². The molecule has 0 unspecified atom stereocenters. The van der Waals surface area contributed by atoms with Crippen molar-refractivity contribution < 1.29 is 0 Å². The van der Waals surface area contributed by atoms with E-state index in [-0.39, 0.29) is 0 Å². The summed E-state index contributed by atoms with van der Waals surface area (Å²) in [5.41, 5.74) is 9.15. The standard InChI is InChI=1S/C28H20BN/c1-5-13-21(14-6-1)25-26(22-15-7-2-8-16-22)28(24-19-11-4-12-20-24)30-29-27(25)23-17-9-3-10-18-23/h1-20H. The van der Waals surface area contributed by atoms with Crippen molar-refractivity contribution in [2.24, 2.45) is 0 Å². The van der Waals surface area contributed by atoms with Gasteiger partial charge in [-0.2, -0.15) is 0 Å². The van der Waals surface area contributed by atoms with Crippen molar-refractivity contribution in [3.05, 3.63) is 121 Å². The number of hydrogen-bond donors (Lipinski definition) is 0. The van der Waals surface area contributed by atoms with E-state index in [0.717, 1.165) is 22.3 Å². The molecule has 0 N–H and O–H groups in total. The van der Waals surface area contributed by atoms with E-state index in [1.54, 1.807) is 0 Å². The van der Waals surface area contributed by atoms with E-state index in [2.05, 4.69) is 115 Å². The third-order valence-electron chi connectivity index (χ3n) is 5.34. The first-order valence-corrected chi connectivity index (χ1v) is 10.2. The van der Waals surface area contributed by atoms with Gasteiger partial charge in [0.05, 0.1) is 0 Å². The zero-order valence-electron chi connectivity index (χ0n) is 16.6. The first kappa shape index (κ1) is 18.3. The van der Waals surface area contributed by atoms with Crippen molar-refractivity contribution in [3.63, 3.8) is 0 Å². The van der Waals surface area contributed by atoms with Crippen molar-refractivity contribution in [1.29, 1.82) is 0 Å². The molecule has 1 heterocycles. The molecule has 0 aliphatic rings. The zero-order chi connectivity index (χ0) is 20.2. The van der Waals surface area contributed by atoms with E-state index in [4.69, 9.17) is 4.89 Å². The van der Waals surface area contributed by atoms with E-state index in [1.807, 2.05) is 13.1 Å². The van der Waals surface area contributed by atoms with Crippen LogP contribution in [-0.2, 0) is 0 Å². The van der Waals surface area contributed by atoms with Crippen LogP contribution in [0.1, 0.15) is 0 Å². The third kappa shape index (κ3) is 3.49. The minimum atomic E-state index is 1.00. The van der Waals surface area contributed by atoms with E-state index in [9.17, 15) is 0 Å². The van der Waals surface area contributed by atoms with Gasteiger partial charge in [0.15, 0.2) is 0 Å². The van der Waals surface area contributed by atoms with Crippen LogP contribution in [0.25, 0.3) is 44.5 Å². The number of nitrogens with zero attached hydrogens (tertiary/aromatic N) is 1. The summed E-state index contributed by atoms with van der Waals surface area (Å²) in [6, 6.07) is 42.2. The molecule has 0 fully saturated rings. The summed E-state index contributed by atoms with van der Waals surface area (Å²) in [4.78, 5) is 4.99. The average Bonchev–Trinajstić information content (AvgIpc) is 2.85. The van der Waals surface area contributed by atoms with Crippen LogP contribution >= 0.6 is 0 Å². The molecule has 0 spiro atoms. The number of benzene rings is 4. The second kappa shape index (κ2) is 8.30. The Kier molecular flexibility index (Phi) is 5.06. The van der Waals surface area contributed by atoms with Gasteiger partial charge < -0.3 is 0 Å². The molecular formula is C28H20BN. The van der Waals surface area contributed by atoms with Crippen LogP contribution in [0.15, 0.2) is 121 Å². The van der Waals surface area contributed by atoms with Crippen molar-refractivity contribution >= 4 is 7.05 Å². The molecule has 1 nitrogen and oxygen atoms in total. The van der Waals surface area contributed by atoms with Crippen LogP contribution in [0.4, 0.5) is 0 Å². The van der Waals surface area contributed by atoms with Crippen LogP contribution < -0.4 is 0 Å². The predicted octanol–water partition coefficient (Wildman–Crippen LogP) is 7.09. The molecule has 1 aromatic heterocycles. The van der Waals surface area contributed by atoms with Crippen molar-refractivity contribution in [2.45, 2.75) is 0 Å². The summed E-state index contributed by atoms with van der Waals surface area (Å²) in [5.74, 6) is 0. The number of rotatable bonds is 4. The second-order valence-corrected chi connectivity index (χ2v) is 7.23. The van der Waals surface area contributed by atoms with Crippen molar-refractivity contribution in [3.8, 4) is 44.5 Å². The van der Waals surface area contributed by atoms with Gasteiger partial charge in [-0.1, -0.05) is 0 Å². The first-order chi connectivity index (χ1) is 14.9. The van der Waals surface area contributed by atoms with Crippen molar-refractivity contribution in [2.75, 3.05) is 0 Å². The van der Waals surface area contributed by atoms with Crippen LogP contribution in [0, 0.1) is 0 Å². The second-order valence-electron chi connectivity index (χ2n) is 7.23. The van der Waals surface area contributed by atoms with Gasteiger partial charge in [0, 0.05) is 0 Å². The molecule has 30 heavy (non-hydrogen) atoms. The van der Waals surface area contributed by atoms with Crippen LogP contribution in [-0.4, -0.2) is 11.9 Å². The molecule has 0 saturated heterocycles. The van der Waals surface area contributed by atoms with Gasteiger partial charge in [-0.25, -0.2) is 0 Å². The number of hydrogen-bond acceptors (Lipinski definition) is 1. The minimum absolute atomic E-state index is 1.00. The van der Waals surface area contributed by atoms with Gasteiger partial charge in [0.25, 0.3) is 0 Å². The Bertz CT molecular complexity index is 1150. The van der Waals surface area contributed by atoms with Crippen molar-refractivity contribution in [1.82, 2.24) is 4.89 Å². The Labute approximate surface area is 178 Å². The van der Waals surface area contributed by atoms with Gasteiger partial charge in [-0.3, -0.25) is 0 Å². The molecule has 0 amide bonds. The molecular weight excluding hydrogens is 361 g/mol.